The molecule has 4 nitrogen and oxygen atoms in total. The van der Waals surface area contributed by atoms with E-state index in [9.17, 15) is 0 Å². The number of fused-ring (bicyclic) bond motifs is 3. The monoisotopic (exact) mass is 339 g/mol. The topological polar surface area (TPSA) is 35.2 Å². The second-order valence-electron chi connectivity index (χ2n) is 7.01. The maximum Gasteiger partial charge on any atom is 0.127 e. The number of morpholine rings is 1. The van der Waals surface area contributed by atoms with Crippen molar-refractivity contribution in [2.24, 2.45) is 0 Å². The molecule has 2 heterocycles. The van der Waals surface area contributed by atoms with E-state index in [1.54, 1.807) is 4.90 Å². The van der Waals surface area contributed by atoms with E-state index >= 15 is 0 Å². The summed E-state index contributed by atoms with van der Waals surface area (Å²) in [4.78, 5) is 1.68. The molecule has 0 aliphatic carbocycles. The number of hydrogen-bond acceptors (Lipinski definition) is 1. The van der Waals surface area contributed by atoms with Crippen molar-refractivity contribution < 1.29 is 15.0 Å². The van der Waals surface area contributed by atoms with E-state index in [2.05, 4.69) is 59.3 Å². The number of hydrogen-bond donors (Lipinski definition) is 2. The van der Waals surface area contributed by atoms with Crippen molar-refractivity contribution >= 4 is 21.8 Å². The number of para-hydroxylation sites is 1. The van der Waals surface area contributed by atoms with Gasteiger partial charge in [-0.25, -0.2) is 0 Å². The molecule has 1 aromatic heterocycles. The molecule has 0 bridgehead atoms. The number of nitrogens with two attached hydrogens (primary N) is 1. The number of ether oxygens (including phenoxy) is 1. The maximum atomic E-state index is 5.43. The summed E-state index contributed by atoms with van der Waals surface area (Å²) < 4.78 is 7.85. The quantitative estimate of drug-likeness (QED) is 0.640. The Kier molecular flexibility index (Phi) is 5.02. The number of benzene rings is 2. The number of rotatable bonds is 6. The lowest BCUT2D eigenvalue weighted by molar-refractivity contribution is -0.920. The fourth-order valence-corrected chi connectivity index (χ4v) is 4.05. The van der Waals surface area contributed by atoms with Gasteiger partial charge in [0.25, 0.3) is 0 Å². The second kappa shape index (κ2) is 7.56. The fourth-order valence-electron chi connectivity index (χ4n) is 4.05. The average molecular weight is 339 g/mol. The van der Waals surface area contributed by atoms with E-state index in [0.29, 0.717) is 0 Å². The van der Waals surface area contributed by atoms with Crippen LogP contribution >= 0.6 is 0 Å². The van der Waals surface area contributed by atoms with Gasteiger partial charge >= 0.3 is 0 Å². The molecule has 3 aromatic rings. The van der Waals surface area contributed by atoms with Crippen molar-refractivity contribution in [1.82, 2.24) is 4.57 Å². The van der Waals surface area contributed by atoms with Crippen molar-refractivity contribution in [1.29, 1.82) is 0 Å². The lowest BCUT2D eigenvalue weighted by atomic mass is 10.1. The minimum absolute atomic E-state index is 0.924. The third-order valence-corrected chi connectivity index (χ3v) is 5.43. The third kappa shape index (κ3) is 3.43. The molecule has 1 aliphatic rings. The Balaban J connectivity index is 1.46. The first kappa shape index (κ1) is 16.6. The lowest BCUT2D eigenvalue weighted by Crippen LogP contribution is -3.16. The predicted molar refractivity (Wildman–Crippen MR) is 102 cm³/mol. The predicted octanol–water partition coefficient (Wildman–Crippen LogP) is 0.793. The molecule has 25 heavy (non-hydrogen) atoms. The molecule has 3 N–H and O–H groups in total. The average Bonchev–Trinajstić information content (AvgIpc) is 2.99. The van der Waals surface area contributed by atoms with E-state index in [-0.39, 0.29) is 0 Å². The Morgan fingerprint density at radius 3 is 2.68 bits per heavy atom. The maximum absolute atomic E-state index is 5.43. The highest BCUT2D eigenvalue weighted by molar-refractivity contribution is 6.08. The first-order chi connectivity index (χ1) is 12.4. The summed E-state index contributed by atoms with van der Waals surface area (Å²) in [5, 5.41) is 5.21. The molecular formula is C21H29N3O+2. The molecule has 0 spiro atoms. The Hall–Kier alpha value is -1.88. The van der Waals surface area contributed by atoms with Crippen LogP contribution < -0.4 is 10.2 Å². The fraction of sp³-hybridized carbons (Fsp3) is 0.429. The zero-order valence-electron chi connectivity index (χ0n) is 15.1. The van der Waals surface area contributed by atoms with Crippen LogP contribution in [0.15, 0.2) is 42.5 Å². The van der Waals surface area contributed by atoms with Gasteiger partial charge in [-0.3, -0.25) is 0 Å². The summed E-state index contributed by atoms with van der Waals surface area (Å²) >= 11 is 0. The van der Waals surface area contributed by atoms with E-state index in [1.165, 1.54) is 40.5 Å². The van der Waals surface area contributed by atoms with Gasteiger partial charge < -0.3 is 19.5 Å². The molecular weight excluding hydrogens is 310 g/mol. The summed E-state index contributed by atoms with van der Waals surface area (Å²) in [6, 6.07) is 15.7. The summed E-state index contributed by atoms with van der Waals surface area (Å²) in [6.07, 6.45) is 0. The molecule has 2 aromatic carbocycles. The Morgan fingerprint density at radius 1 is 1.04 bits per heavy atom. The van der Waals surface area contributed by atoms with Crippen LogP contribution in [0, 0.1) is 0 Å². The minimum atomic E-state index is 0.924. The Morgan fingerprint density at radius 2 is 1.84 bits per heavy atom. The smallest absolute Gasteiger partial charge is 0.127 e. The van der Waals surface area contributed by atoms with Crippen LogP contribution in [0.2, 0.25) is 0 Å². The van der Waals surface area contributed by atoms with Crippen LogP contribution in [0.5, 0.6) is 0 Å². The summed E-state index contributed by atoms with van der Waals surface area (Å²) in [7, 11) is 0. The van der Waals surface area contributed by atoms with Gasteiger partial charge in [0.15, 0.2) is 0 Å². The summed E-state index contributed by atoms with van der Waals surface area (Å²) in [6.45, 7) is 10.9. The van der Waals surface area contributed by atoms with Crippen LogP contribution in [0.3, 0.4) is 0 Å². The Labute approximate surface area is 149 Å². The zero-order valence-corrected chi connectivity index (χ0v) is 15.1. The van der Waals surface area contributed by atoms with Crippen LogP contribution in [-0.2, 0) is 17.8 Å². The number of aryl methyl sites for hydroxylation is 1. The number of nitrogens with zero attached hydrogens (tertiary/aromatic N) is 1. The summed E-state index contributed by atoms with van der Waals surface area (Å²) in [5.41, 5.74) is 4.12. The molecule has 1 saturated heterocycles. The Bertz CT molecular complexity index is 849. The van der Waals surface area contributed by atoms with Gasteiger partial charge in [-0.15, -0.1) is 0 Å². The highest BCUT2D eigenvalue weighted by Crippen LogP contribution is 2.29. The molecule has 0 radical (unpaired) electrons. The third-order valence-electron chi connectivity index (χ3n) is 5.43. The van der Waals surface area contributed by atoms with E-state index in [0.717, 1.165) is 39.4 Å². The van der Waals surface area contributed by atoms with Crippen LogP contribution in [0.25, 0.3) is 21.8 Å². The molecule has 4 heteroatoms. The molecule has 1 fully saturated rings. The summed E-state index contributed by atoms with van der Waals surface area (Å²) in [5.74, 6) is 0. The van der Waals surface area contributed by atoms with Gasteiger partial charge in [0.05, 0.1) is 13.2 Å². The van der Waals surface area contributed by atoms with Crippen molar-refractivity contribution in [3.8, 4) is 0 Å². The van der Waals surface area contributed by atoms with Gasteiger partial charge in [0.2, 0.25) is 0 Å². The number of nitrogens with one attached hydrogen (secondary N) is 1. The first-order valence-electron chi connectivity index (χ1n) is 9.59. The largest absolute Gasteiger partial charge is 0.370 e. The van der Waals surface area contributed by atoms with Gasteiger partial charge in [-0.1, -0.05) is 24.3 Å². The zero-order chi connectivity index (χ0) is 17.1. The van der Waals surface area contributed by atoms with E-state index < -0.39 is 0 Å². The normalized spacial score (nSPS) is 16.0. The molecule has 0 atom stereocenters. The van der Waals surface area contributed by atoms with E-state index in [1.807, 2.05) is 0 Å². The van der Waals surface area contributed by atoms with Crippen LogP contribution in [-0.4, -0.2) is 44.0 Å². The van der Waals surface area contributed by atoms with E-state index in [4.69, 9.17) is 4.74 Å². The van der Waals surface area contributed by atoms with Crippen molar-refractivity contribution in [2.45, 2.75) is 20.0 Å². The SMILES string of the molecule is CCn1c2ccccc2c2cc(C[NH2+]CC[NH+]3CCOCC3)ccc21. The highest BCUT2D eigenvalue weighted by atomic mass is 16.5. The molecule has 0 amide bonds. The van der Waals surface area contributed by atoms with Crippen molar-refractivity contribution in [3.05, 3.63) is 48.0 Å². The van der Waals surface area contributed by atoms with Crippen molar-refractivity contribution in [3.63, 3.8) is 0 Å². The van der Waals surface area contributed by atoms with Gasteiger partial charge in [0, 0.05) is 33.9 Å². The molecule has 0 saturated carbocycles. The van der Waals surface area contributed by atoms with Crippen LogP contribution in [0.4, 0.5) is 0 Å². The van der Waals surface area contributed by atoms with Gasteiger partial charge in [-0.2, -0.15) is 0 Å². The first-order valence-corrected chi connectivity index (χ1v) is 9.59. The van der Waals surface area contributed by atoms with Crippen LogP contribution in [0.1, 0.15) is 12.5 Å². The van der Waals surface area contributed by atoms with Gasteiger partial charge in [-0.05, 0) is 25.1 Å². The van der Waals surface area contributed by atoms with Gasteiger partial charge in [0.1, 0.15) is 32.7 Å². The standard InChI is InChI=1S/C21H27N3O/c1-2-24-20-6-4-3-5-18(20)19-15-17(7-8-21(19)24)16-22-9-10-23-11-13-25-14-12-23/h3-8,15,22H,2,9-14,16H2,1H3/p+2. The lowest BCUT2D eigenvalue weighted by Gasteiger charge is -2.22. The minimum Gasteiger partial charge on any atom is -0.370 e. The number of aromatic nitrogens is 1. The number of quaternary nitrogens is 2. The van der Waals surface area contributed by atoms with Crippen molar-refractivity contribution in [2.75, 3.05) is 39.4 Å². The molecule has 132 valence electrons. The highest BCUT2D eigenvalue weighted by Gasteiger charge is 2.14. The molecule has 1 aliphatic heterocycles. The second-order valence-corrected chi connectivity index (χ2v) is 7.01. The molecule has 0 unspecified atom stereocenters. The molecule has 4 rings (SSSR count).